The fourth-order valence-corrected chi connectivity index (χ4v) is 4.18. The lowest BCUT2D eigenvalue weighted by Gasteiger charge is -2.38. The fourth-order valence-electron chi connectivity index (χ4n) is 3.17. The van der Waals surface area contributed by atoms with Crippen LogP contribution in [0.25, 0.3) is 0 Å². The van der Waals surface area contributed by atoms with Crippen molar-refractivity contribution in [2.45, 2.75) is 38.6 Å². The van der Waals surface area contributed by atoms with Gasteiger partial charge in [0.1, 0.15) is 5.01 Å². The third-order valence-electron chi connectivity index (χ3n) is 3.94. The molecule has 0 spiro atoms. The molecule has 1 aliphatic rings. The number of fused-ring (bicyclic) bond motifs is 1. The minimum absolute atomic E-state index is 0.0669. The van der Waals surface area contributed by atoms with Gasteiger partial charge in [0.25, 0.3) is 0 Å². The van der Waals surface area contributed by atoms with Crippen LogP contribution >= 0.6 is 11.3 Å². The van der Waals surface area contributed by atoms with Crippen molar-refractivity contribution in [1.29, 1.82) is 0 Å². The maximum absolute atomic E-state index is 4.78. The molecular weight excluding hydrogens is 252 g/mol. The van der Waals surface area contributed by atoms with Gasteiger partial charge in [-0.05, 0) is 43.9 Å². The van der Waals surface area contributed by atoms with Crippen LogP contribution in [0.2, 0.25) is 0 Å². The highest BCUT2D eigenvalue weighted by molar-refractivity contribution is 7.09. The molecule has 1 unspecified atom stereocenters. The molecule has 2 aromatic rings. The first kappa shape index (κ1) is 12.8. The van der Waals surface area contributed by atoms with Gasteiger partial charge in [-0.15, -0.1) is 11.3 Å². The normalized spacial score (nSPS) is 22.2. The molecule has 3 rings (SSSR count). The zero-order valence-corrected chi connectivity index (χ0v) is 12.4. The predicted molar refractivity (Wildman–Crippen MR) is 80.7 cm³/mol. The Morgan fingerprint density at radius 3 is 2.95 bits per heavy atom. The van der Waals surface area contributed by atoms with Crippen LogP contribution in [0, 0.1) is 6.92 Å². The Hall–Kier alpha value is -1.19. The standard InChI is InChI=1S/C16H20N2S/c1-3-17-16(15-18-12(2)11-19-15)10-6-8-13-7-4-5-9-14(13)16/h4-5,7,9,11,17H,3,6,8,10H2,1-2H3. The SMILES string of the molecule is CCNC1(c2nc(C)cs2)CCCc2ccccc21. The van der Waals surface area contributed by atoms with Gasteiger partial charge in [0.05, 0.1) is 5.54 Å². The number of hydrogen-bond donors (Lipinski definition) is 1. The fraction of sp³-hybridized carbons (Fsp3) is 0.438. The van der Waals surface area contributed by atoms with E-state index in [-0.39, 0.29) is 5.54 Å². The van der Waals surface area contributed by atoms with Gasteiger partial charge in [-0.2, -0.15) is 0 Å². The average molecular weight is 272 g/mol. The molecule has 100 valence electrons. The summed E-state index contributed by atoms with van der Waals surface area (Å²) in [6.45, 7) is 5.22. The molecule has 1 atom stereocenters. The molecule has 0 amide bonds. The number of aryl methyl sites for hydroxylation is 2. The Morgan fingerprint density at radius 1 is 1.37 bits per heavy atom. The van der Waals surface area contributed by atoms with E-state index < -0.39 is 0 Å². The minimum atomic E-state index is -0.0669. The molecule has 1 aromatic heterocycles. The Morgan fingerprint density at radius 2 is 2.21 bits per heavy atom. The zero-order chi connectivity index (χ0) is 13.3. The summed E-state index contributed by atoms with van der Waals surface area (Å²) in [5, 5.41) is 7.11. The Bertz CT molecular complexity index is 576. The van der Waals surface area contributed by atoms with E-state index >= 15 is 0 Å². The van der Waals surface area contributed by atoms with Crippen LogP contribution < -0.4 is 5.32 Å². The highest BCUT2D eigenvalue weighted by atomic mass is 32.1. The van der Waals surface area contributed by atoms with Crippen LogP contribution in [0.1, 0.15) is 41.6 Å². The van der Waals surface area contributed by atoms with Crippen molar-refractivity contribution in [2.24, 2.45) is 0 Å². The van der Waals surface area contributed by atoms with Crippen molar-refractivity contribution < 1.29 is 0 Å². The Kier molecular flexibility index (Phi) is 3.42. The van der Waals surface area contributed by atoms with Gasteiger partial charge in [-0.25, -0.2) is 4.98 Å². The van der Waals surface area contributed by atoms with Gasteiger partial charge >= 0.3 is 0 Å². The van der Waals surface area contributed by atoms with Gasteiger partial charge in [0.15, 0.2) is 0 Å². The summed E-state index contributed by atoms with van der Waals surface area (Å²) in [5.41, 5.74) is 3.96. The van der Waals surface area contributed by atoms with Crippen molar-refractivity contribution in [3.05, 3.63) is 51.5 Å². The lowest BCUT2D eigenvalue weighted by Crippen LogP contribution is -2.45. The molecule has 0 saturated heterocycles. The van der Waals surface area contributed by atoms with Crippen LogP contribution in [0.3, 0.4) is 0 Å². The summed E-state index contributed by atoms with van der Waals surface area (Å²) < 4.78 is 0. The highest BCUT2D eigenvalue weighted by Gasteiger charge is 2.39. The van der Waals surface area contributed by atoms with Crippen molar-refractivity contribution in [2.75, 3.05) is 6.54 Å². The predicted octanol–water partition coefficient (Wildman–Crippen LogP) is 3.64. The summed E-state index contributed by atoms with van der Waals surface area (Å²) in [6.07, 6.45) is 3.56. The first-order valence-electron chi connectivity index (χ1n) is 7.02. The van der Waals surface area contributed by atoms with E-state index in [1.807, 2.05) is 0 Å². The topological polar surface area (TPSA) is 24.9 Å². The number of hydrogen-bond acceptors (Lipinski definition) is 3. The molecule has 19 heavy (non-hydrogen) atoms. The number of rotatable bonds is 3. The molecule has 2 nitrogen and oxygen atoms in total. The van der Waals surface area contributed by atoms with E-state index in [2.05, 4.69) is 48.8 Å². The number of benzene rings is 1. The van der Waals surface area contributed by atoms with Crippen LogP contribution in [0.15, 0.2) is 29.6 Å². The van der Waals surface area contributed by atoms with E-state index in [9.17, 15) is 0 Å². The minimum Gasteiger partial charge on any atom is -0.302 e. The van der Waals surface area contributed by atoms with Crippen LogP contribution in [0.4, 0.5) is 0 Å². The smallest absolute Gasteiger partial charge is 0.118 e. The van der Waals surface area contributed by atoms with E-state index in [0.29, 0.717) is 0 Å². The van der Waals surface area contributed by atoms with Gasteiger partial charge in [-0.3, -0.25) is 0 Å². The quantitative estimate of drug-likeness (QED) is 0.922. The van der Waals surface area contributed by atoms with Gasteiger partial charge in [-0.1, -0.05) is 31.2 Å². The number of thiazole rings is 1. The average Bonchev–Trinajstić information content (AvgIpc) is 2.87. The Labute approximate surface area is 118 Å². The van der Waals surface area contributed by atoms with E-state index in [4.69, 9.17) is 4.98 Å². The lowest BCUT2D eigenvalue weighted by atomic mass is 9.76. The number of aromatic nitrogens is 1. The molecule has 1 aliphatic carbocycles. The van der Waals surface area contributed by atoms with Gasteiger partial charge < -0.3 is 5.32 Å². The summed E-state index contributed by atoms with van der Waals surface area (Å²) in [5.74, 6) is 0. The Balaban J connectivity index is 2.17. The van der Waals surface area contributed by atoms with Gasteiger partial charge in [0.2, 0.25) is 0 Å². The molecule has 1 N–H and O–H groups in total. The maximum Gasteiger partial charge on any atom is 0.118 e. The van der Waals surface area contributed by atoms with E-state index in [1.54, 1.807) is 11.3 Å². The van der Waals surface area contributed by atoms with Crippen LogP contribution in [-0.4, -0.2) is 11.5 Å². The van der Waals surface area contributed by atoms with Crippen LogP contribution in [-0.2, 0) is 12.0 Å². The molecule has 0 fully saturated rings. The molecular formula is C16H20N2S. The summed E-state index contributed by atoms with van der Waals surface area (Å²) >= 11 is 1.78. The highest BCUT2D eigenvalue weighted by Crippen LogP contribution is 2.41. The maximum atomic E-state index is 4.78. The second-order valence-electron chi connectivity index (χ2n) is 5.24. The van der Waals surface area contributed by atoms with Crippen LogP contribution in [0.5, 0.6) is 0 Å². The second-order valence-corrected chi connectivity index (χ2v) is 6.10. The molecule has 3 heteroatoms. The van der Waals surface area contributed by atoms with Crippen molar-refractivity contribution in [3.63, 3.8) is 0 Å². The van der Waals surface area contributed by atoms with Gasteiger partial charge in [0, 0.05) is 11.1 Å². The molecule has 0 bridgehead atoms. The summed E-state index contributed by atoms with van der Waals surface area (Å²) in [7, 11) is 0. The summed E-state index contributed by atoms with van der Waals surface area (Å²) in [4.78, 5) is 4.78. The second kappa shape index (κ2) is 5.06. The van der Waals surface area contributed by atoms with Crippen molar-refractivity contribution in [1.82, 2.24) is 10.3 Å². The molecule has 1 aromatic carbocycles. The number of nitrogens with zero attached hydrogens (tertiary/aromatic N) is 1. The number of nitrogens with one attached hydrogen (secondary N) is 1. The zero-order valence-electron chi connectivity index (χ0n) is 11.6. The summed E-state index contributed by atoms with van der Waals surface area (Å²) in [6, 6.07) is 8.83. The third-order valence-corrected chi connectivity index (χ3v) is 5.06. The molecule has 0 aliphatic heterocycles. The molecule has 1 heterocycles. The van der Waals surface area contributed by atoms with E-state index in [1.165, 1.54) is 29.0 Å². The third kappa shape index (κ3) is 2.11. The first-order valence-corrected chi connectivity index (χ1v) is 7.90. The van der Waals surface area contributed by atoms with Crippen molar-refractivity contribution >= 4 is 11.3 Å². The van der Waals surface area contributed by atoms with E-state index in [0.717, 1.165) is 18.7 Å². The monoisotopic (exact) mass is 272 g/mol. The first-order chi connectivity index (χ1) is 9.26. The molecule has 0 radical (unpaired) electrons. The largest absolute Gasteiger partial charge is 0.302 e. The lowest BCUT2D eigenvalue weighted by molar-refractivity contribution is 0.349. The van der Waals surface area contributed by atoms with Crippen molar-refractivity contribution in [3.8, 4) is 0 Å². The molecule has 0 saturated carbocycles.